The van der Waals surface area contributed by atoms with Crippen molar-refractivity contribution in [1.29, 1.82) is 0 Å². The molecule has 0 aromatic heterocycles. The van der Waals surface area contributed by atoms with Crippen LogP contribution >= 0.6 is 0 Å². The SMILES string of the molecule is COCC(=O)N1CCCN(C2=Nc3cc(C(F)(F)F)ccc3Oc3ccccc32)CC1. The number of hydrogen-bond acceptors (Lipinski definition) is 5. The highest BCUT2D eigenvalue weighted by Crippen LogP contribution is 2.41. The van der Waals surface area contributed by atoms with Gasteiger partial charge in [0.1, 0.15) is 23.9 Å². The minimum absolute atomic E-state index is 0.0191. The fourth-order valence-electron chi connectivity index (χ4n) is 3.74. The van der Waals surface area contributed by atoms with Crippen molar-refractivity contribution in [2.75, 3.05) is 39.9 Å². The zero-order valence-electron chi connectivity index (χ0n) is 17.0. The number of nitrogens with zero attached hydrogens (tertiary/aromatic N) is 3. The Hall–Kier alpha value is -3.07. The third kappa shape index (κ3) is 4.51. The van der Waals surface area contributed by atoms with Crippen LogP contribution < -0.4 is 4.74 Å². The largest absolute Gasteiger partial charge is 0.454 e. The van der Waals surface area contributed by atoms with Gasteiger partial charge in [-0.2, -0.15) is 13.2 Å². The van der Waals surface area contributed by atoms with Gasteiger partial charge in [-0.3, -0.25) is 4.79 Å². The van der Waals surface area contributed by atoms with Gasteiger partial charge in [0.2, 0.25) is 5.91 Å². The second kappa shape index (κ2) is 8.58. The highest BCUT2D eigenvalue weighted by atomic mass is 19.4. The van der Waals surface area contributed by atoms with E-state index in [2.05, 4.69) is 4.99 Å². The summed E-state index contributed by atoms with van der Waals surface area (Å²) >= 11 is 0. The molecule has 0 atom stereocenters. The van der Waals surface area contributed by atoms with Gasteiger partial charge in [0, 0.05) is 33.3 Å². The standard InChI is InChI=1S/C22H22F3N3O3/c1-30-14-20(29)27-9-4-10-28(12-11-27)21-16-5-2-3-6-18(16)31-19-8-7-15(22(23,24)25)13-17(19)26-21/h2-3,5-8,13H,4,9-12,14H2,1H3. The van der Waals surface area contributed by atoms with Crippen LogP contribution in [0.1, 0.15) is 17.5 Å². The van der Waals surface area contributed by atoms with Crippen molar-refractivity contribution in [3.05, 3.63) is 53.6 Å². The summed E-state index contributed by atoms with van der Waals surface area (Å²) in [6.07, 6.45) is -3.78. The van der Waals surface area contributed by atoms with Gasteiger partial charge in [-0.1, -0.05) is 12.1 Å². The molecule has 2 aromatic carbocycles. The van der Waals surface area contributed by atoms with Crippen LogP contribution in [0.5, 0.6) is 11.5 Å². The number of methoxy groups -OCH3 is 1. The number of aliphatic imine (C=N–C) groups is 1. The van der Waals surface area contributed by atoms with Crippen LogP contribution in [-0.4, -0.2) is 61.4 Å². The molecule has 1 fully saturated rings. The van der Waals surface area contributed by atoms with Crippen molar-refractivity contribution in [1.82, 2.24) is 9.80 Å². The molecular formula is C22H22F3N3O3. The average molecular weight is 433 g/mol. The number of fused-ring (bicyclic) bond motifs is 2. The number of alkyl halides is 3. The van der Waals surface area contributed by atoms with E-state index >= 15 is 0 Å². The normalized spacial score (nSPS) is 16.5. The zero-order valence-corrected chi connectivity index (χ0v) is 17.0. The summed E-state index contributed by atoms with van der Waals surface area (Å²) in [4.78, 5) is 20.6. The lowest BCUT2D eigenvalue weighted by atomic mass is 10.1. The van der Waals surface area contributed by atoms with Gasteiger partial charge in [0.25, 0.3) is 0 Å². The number of amidine groups is 1. The molecule has 164 valence electrons. The topological polar surface area (TPSA) is 54.4 Å². The van der Waals surface area contributed by atoms with Crippen molar-refractivity contribution >= 4 is 17.4 Å². The van der Waals surface area contributed by atoms with Crippen LogP contribution in [-0.2, 0) is 15.7 Å². The maximum Gasteiger partial charge on any atom is 0.416 e. The number of halogens is 3. The lowest BCUT2D eigenvalue weighted by Gasteiger charge is -2.25. The predicted octanol–water partition coefficient (Wildman–Crippen LogP) is 4.07. The van der Waals surface area contributed by atoms with Crippen LogP contribution in [0.4, 0.5) is 18.9 Å². The molecule has 0 spiro atoms. The van der Waals surface area contributed by atoms with E-state index in [9.17, 15) is 18.0 Å². The van der Waals surface area contributed by atoms with Crippen LogP contribution in [0.25, 0.3) is 0 Å². The van der Waals surface area contributed by atoms with Gasteiger partial charge in [0.15, 0.2) is 5.75 Å². The number of benzene rings is 2. The molecule has 0 radical (unpaired) electrons. The van der Waals surface area contributed by atoms with E-state index < -0.39 is 11.7 Å². The summed E-state index contributed by atoms with van der Waals surface area (Å²) in [6, 6.07) is 10.5. The monoisotopic (exact) mass is 433 g/mol. The first-order valence-electron chi connectivity index (χ1n) is 9.95. The Balaban J connectivity index is 1.71. The number of carbonyl (C=O) groups excluding carboxylic acids is 1. The molecule has 0 unspecified atom stereocenters. The quantitative estimate of drug-likeness (QED) is 0.717. The summed E-state index contributed by atoms with van der Waals surface area (Å²) in [5, 5.41) is 0. The Morgan fingerprint density at radius 2 is 1.90 bits per heavy atom. The minimum atomic E-state index is -4.48. The van der Waals surface area contributed by atoms with Gasteiger partial charge in [-0.15, -0.1) is 0 Å². The first-order valence-corrected chi connectivity index (χ1v) is 9.95. The third-order valence-corrected chi connectivity index (χ3v) is 5.28. The number of rotatable bonds is 2. The second-order valence-corrected chi connectivity index (χ2v) is 7.37. The molecule has 0 saturated carbocycles. The molecule has 0 aliphatic carbocycles. The number of ether oxygens (including phenoxy) is 2. The highest BCUT2D eigenvalue weighted by molar-refractivity contribution is 6.03. The molecule has 2 aliphatic rings. The third-order valence-electron chi connectivity index (χ3n) is 5.28. The maximum atomic E-state index is 13.3. The van der Waals surface area contributed by atoms with Crippen molar-refractivity contribution in [2.45, 2.75) is 12.6 Å². The molecular weight excluding hydrogens is 411 g/mol. The molecule has 9 heteroatoms. The first-order chi connectivity index (χ1) is 14.9. The maximum absolute atomic E-state index is 13.3. The fraction of sp³-hybridized carbons (Fsp3) is 0.364. The summed E-state index contributed by atoms with van der Waals surface area (Å²) in [7, 11) is 1.48. The van der Waals surface area contributed by atoms with E-state index in [0.717, 1.165) is 12.1 Å². The number of para-hydroxylation sites is 1. The van der Waals surface area contributed by atoms with E-state index in [1.165, 1.54) is 13.2 Å². The van der Waals surface area contributed by atoms with Crippen molar-refractivity contribution in [3.63, 3.8) is 0 Å². The molecule has 2 aromatic rings. The predicted molar refractivity (Wildman–Crippen MR) is 109 cm³/mol. The van der Waals surface area contributed by atoms with Crippen LogP contribution in [0.2, 0.25) is 0 Å². The Bertz CT molecular complexity index is 1010. The van der Waals surface area contributed by atoms with E-state index in [1.807, 2.05) is 17.0 Å². The van der Waals surface area contributed by atoms with Crippen LogP contribution in [0.15, 0.2) is 47.5 Å². The summed E-state index contributed by atoms with van der Waals surface area (Å²) < 4.78 is 50.7. The second-order valence-electron chi connectivity index (χ2n) is 7.37. The van der Waals surface area contributed by atoms with E-state index in [1.54, 1.807) is 17.0 Å². The highest BCUT2D eigenvalue weighted by Gasteiger charge is 2.32. The molecule has 4 rings (SSSR count). The number of hydrogen-bond donors (Lipinski definition) is 0. The van der Waals surface area contributed by atoms with Gasteiger partial charge in [-0.25, -0.2) is 4.99 Å². The number of carbonyl (C=O) groups is 1. The number of amides is 1. The Labute approximate surface area is 177 Å². The smallest absolute Gasteiger partial charge is 0.416 e. The minimum Gasteiger partial charge on any atom is -0.454 e. The molecule has 0 bridgehead atoms. The molecule has 1 amide bonds. The molecule has 31 heavy (non-hydrogen) atoms. The first kappa shape index (κ1) is 21.2. The zero-order chi connectivity index (χ0) is 22.0. The average Bonchev–Trinajstić information content (AvgIpc) is 3.07. The van der Waals surface area contributed by atoms with Crippen molar-refractivity contribution < 1.29 is 27.4 Å². The Kier molecular flexibility index (Phi) is 5.86. The van der Waals surface area contributed by atoms with Crippen molar-refractivity contribution in [3.8, 4) is 11.5 Å². The summed E-state index contributed by atoms with van der Waals surface area (Å²) in [5.41, 5.74) is 0.0395. The molecule has 2 heterocycles. The van der Waals surface area contributed by atoms with Crippen molar-refractivity contribution in [2.24, 2.45) is 4.99 Å². The van der Waals surface area contributed by atoms with Crippen LogP contribution in [0.3, 0.4) is 0 Å². The lowest BCUT2D eigenvalue weighted by Crippen LogP contribution is -2.38. The molecule has 2 aliphatic heterocycles. The summed E-state index contributed by atoms with van der Waals surface area (Å²) in [6.45, 7) is 2.18. The Morgan fingerprint density at radius 1 is 1.10 bits per heavy atom. The molecule has 6 nitrogen and oxygen atoms in total. The van der Waals surface area contributed by atoms with E-state index in [-0.39, 0.29) is 24.0 Å². The summed E-state index contributed by atoms with van der Waals surface area (Å²) in [5.74, 6) is 1.24. The molecule has 0 N–H and O–H groups in total. The Morgan fingerprint density at radius 3 is 2.68 bits per heavy atom. The van der Waals surface area contributed by atoms with Gasteiger partial charge in [0.05, 0.1) is 11.1 Å². The van der Waals surface area contributed by atoms with E-state index in [0.29, 0.717) is 49.7 Å². The van der Waals surface area contributed by atoms with Crippen LogP contribution in [0, 0.1) is 0 Å². The fourth-order valence-corrected chi connectivity index (χ4v) is 3.74. The van der Waals surface area contributed by atoms with Gasteiger partial charge in [-0.05, 0) is 36.8 Å². The van der Waals surface area contributed by atoms with Gasteiger partial charge < -0.3 is 19.3 Å². The van der Waals surface area contributed by atoms with E-state index in [4.69, 9.17) is 9.47 Å². The molecule has 1 saturated heterocycles. The van der Waals surface area contributed by atoms with Gasteiger partial charge >= 0.3 is 6.18 Å². The lowest BCUT2D eigenvalue weighted by molar-refractivity contribution is -0.137.